The highest BCUT2D eigenvalue weighted by Crippen LogP contribution is 2.13. The van der Waals surface area contributed by atoms with Crippen molar-refractivity contribution in [3.8, 4) is 0 Å². The third-order valence-electron chi connectivity index (χ3n) is 2.67. The lowest BCUT2D eigenvalue weighted by Crippen LogP contribution is -2.40. The normalized spacial score (nSPS) is 17.0. The molecule has 0 aliphatic heterocycles. The highest BCUT2D eigenvalue weighted by molar-refractivity contribution is 7.91. The summed E-state index contributed by atoms with van der Waals surface area (Å²) in [6, 6.07) is 0.0763. The molecule has 0 aliphatic carbocycles. The Balaban J connectivity index is 4.27. The molecule has 0 aliphatic rings. The van der Waals surface area contributed by atoms with Crippen LogP contribution in [0.25, 0.3) is 0 Å². The Bertz CT molecular complexity index is 247. The molecule has 0 radical (unpaired) electrons. The third-order valence-corrected chi connectivity index (χ3v) is 4.35. The van der Waals surface area contributed by atoms with Gasteiger partial charge in [-0.3, -0.25) is 0 Å². The van der Waals surface area contributed by atoms with Gasteiger partial charge in [0.05, 0.1) is 5.25 Å². The van der Waals surface area contributed by atoms with E-state index in [1.165, 1.54) is 6.26 Å². The first-order valence-corrected chi connectivity index (χ1v) is 7.10. The molecule has 86 valence electrons. The zero-order chi connectivity index (χ0) is 11.4. The number of hydrogen-bond acceptors (Lipinski definition) is 3. The van der Waals surface area contributed by atoms with Crippen molar-refractivity contribution in [3.05, 3.63) is 0 Å². The van der Waals surface area contributed by atoms with Gasteiger partial charge >= 0.3 is 0 Å². The van der Waals surface area contributed by atoms with E-state index >= 15 is 0 Å². The monoisotopic (exact) mass is 221 g/mol. The molecular weight excluding hydrogens is 198 g/mol. The summed E-state index contributed by atoms with van der Waals surface area (Å²) in [6.45, 7) is 6.08. The summed E-state index contributed by atoms with van der Waals surface area (Å²) in [5.41, 5.74) is 0. The van der Waals surface area contributed by atoms with E-state index in [2.05, 4.69) is 19.2 Å². The second kappa shape index (κ2) is 5.71. The molecule has 2 unspecified atom stereocenters. The van der Waals surface area contributed by atoms with Gasteiger partial charge in [0.25, 0.3) is 0 Å². The van der Waals surface area contributed by atoms with Crippen LogP contribution in [0.2, 0.25) is 0 Å². The van der Waals surface area contributed by atoms with Crippen LogP contribution < -0.4 is 5.32 Å². The molecule has 2 atom stereocenters. The molecule has 0 heterocycles. The van der Waals surface area contributed by atoms with Crippen LogP contribution in [0, 0.1) is 5.92 Å². The zero-order valence-electron chi connectivity index (χ0n) is 9.87. The lowest BCUT2D eigenvalue weighted by molar-refractivity contribution is 0.439. The Hall–Kier alpha value is -0.0900. The van der Waals surface area contributed by atoms with Gasteiger partial charge < -0.3 is 5.32 Å². The predicted molar refractivity (Wildman–Crippen MR) is 61.2 cm³/mol. The van der Waals surface area contributed by atoms with E-state index in [-0.39, 0.29) is 11.3 Å². The van der Waals surface area contributed by atoms with Crippen molar-refractivity contribution in [2.75, 3.05) is 13.3 Å². The first-order valence-electron chi connectivity index (χ1n) is 5.15. The van der Waals surface area contributed by atoms with Crippen LogP contribution in [0.15, 0.2) is 0 Å². The predicted octanol–water partition coefficient (Wildman–Crippen LogP) is 1.44. The Morgan fingerprint density at radius 3 is 1.93 bits per heavy atom. The summed E-state index contributed by atoms with van der Waals surface area (Å²) in [6.07, 6.45) is 3.28. The molecule has 0 spiro atoms. The molecule has 3 nitrogen and oxygen atoms in total. The summed E-state index contributed by atoms with van der Waals surface area (Å²) >= 11 is 0. The topological polar surface area (TPSA) is 46.2 Å². The van der Waals surface area contributed by atoms with Gasteiger partial charge in [0, 0.05) is 12.3 Å². The Morgan fingerprint density at radius 2 is 1.64 bits per heavy atom. The second-order valence-electron chi connectivity index (χ2n) is 4.40. The molecule has 0 amide bonds. The summed E-state index contributed by atoms with van der Waals surface area (Å²) in [7, 11) is -1.10. The van der Waals surface area contributed by atoms with E-state index in [0.717, 1.165) is 12.8 Å². The number of nitrogens with one attached hydrogen (secondary N) is 1. The van der Waals surface area contributed by atoms with Gasteiger partial charge in [-0.05, 0) is 32.7 Å². The third kappa shape index (κ3) is 4.96. The maximum Gasteiger partial charge on any atom is 0.151 e. The average Bonchev–Trinajstić information content (AvgIpc) is 2.03. The lowest BCUT2D eigenvalue weighted by atomic mass is 10.0. The summed E-state index contributed by atoms with van der Waals surface area (Å²) < 4.78 is 22.7. The quantitative estimate of drug-likeness (QED) is 0.738. The fourth-order valence-electron chi connectivity index (χ4n) is 1.43. The Labute approximate surface area is 88.2 Å². The average molecular weight is 221 g/mol. The number of sulfone groups is 1. The maximum atomic E-state index is 11.3. The Morgan fingerprint density at radius 1 is 1.14 bits per heavy atom. The molecule has 1 N–H and O–H groups in total. The molecule has 0 aromatic rings. The van der Waals surface area contributed by atoms with Crippen LogP contribution in [-0.4, -0.2) is 33.0 Å². The zero-order valence-corrected chi connectivity index (χ0v) is 10.7. The van der Waals surface area contributed by atoms with Crippen molar-refractivity contribution < 1.29 is 8.42 Å². The largest absolute Gasteiger partial charge is 0.316 e. The SMILES string of the molecule is CNC(CCC(C)C)C(C)S(C)(=O)=O. The molecule has 0 aromatic heterocycles. The van der Waals surface area contributed by atoms with E-state index in [9.17, 15) is 8.42 Å². The molecular formula is C10H23NO2S. The van der Waals surface area contributed by atoms with Crippen molar-refractivity contribution in [1.82, 2.24) is 5.32 Å². The van der Waals surface area contributed by atoms with Crippen LogP contribution in [-0.2, 0) is 9.84 Å². The van der Waals surface area contributed by atoms with Gasteiger partial charge in [0.1, 0.15) is 0 Å². The first kappa shape index (κ1) is 13.9. The van der Waals surface area contributed by atoms with Crippen LogP contribution in [0.1, 0.15) is 33.6 Å². The standard InChI is InChI=1S/C10H23NO2S/c1-8(2)6-7-10(11-4)9(3)14(5,12)13/h8-11H,6-7H2,1-5H3. The van der Waals surface area contributed by atoms with Gasteiger partial charge in [-0.2, -0.15) is 0 Å². The molecule has 14 heavy (non-hydrogen) atoms. The fourth-order valence-corrected chi connectivity index (χ4v) is 2.29. The summed E-state index contributed by atoms with van der Waals surface area (Å²) in [4.78, 5) is 0. The van der Waals surface area contributed by atoms with E-state index < -0.39 is 9.84 Å². The van der Waals surface area contributed by atoms with Gasteiger partial charge in [-0.1, -0.05) is 13.8 Å². The van der Waals surface area contributed by atoms with Crippen molar-refractivity contribution in [3.63, 3.8) is 0 Å². The molecule has 0 aromatic carbocycles. The van der Waals surface area contributed by atoms with E-state index in [4.69, 9.17) is 0 Å². The smallest absolute Gasteiger partial charge is 0.151 e. The first-order chi connectivity index (χ1) is 6.29. The summed E-state index contributed by atoms with van der Waals surface area (Å²) in [5.74, 6) is 0.623. The minimum atomic E-state index is -2.92. The van der Waals surface area contributed by atoms with Gasteiger partial charge in [-0.15, -0.1) is 0 Å². The number of rotatable bonds is 6. The van der Waals surface area contributed by atoms with Crippen LogP contribution in [0.4, 0.5) is 0 Å². The molecule has 0 saturated carbocycles. The molecule has 0 fully saturated rings. The highest BCUT2D eigenvalue weighted by Gasteiger charge is 2.24. The lowest BCUT2D eigenvalue weighted by Gasteiger charge is -2.22. The second-order valence-corrected chi connectivity index (χ2v) is 6.80. The number of hydrogen-bond donors (Lipinski definition) is 1. The minimum Gasteiger partial charge on any atom is -0.316 e. The van der Waals surface area contributed by atoms with Crippen molar-refractivity contribution >= 4 is 9.84 Å². The maximum absolute atomic E-state index is 11.3. The van der Waals surface area contributed by atoms with Crippen molar-refractivity contribution in [2.24, 2.45) is 5.92 Å². The van der Waals surface area contributed by atoms with Crippen molar-refractivity contribution in [2.45, 2.75) is 44.9 Å². The Kier molecular flexibility index (Phi) is 5.67. The minimum absolute atomic E-state index is 0.0763. The molecule has 0 rings (SSSR count). The van der Waals surface area contributed by atoms with Gasteiger partial charge in [0.15, 0.2) is 9.84 Å². The van der Waals surface area contributed by atoms with E-state index in [1.54, 1.807) is 6.92 Å². The van der Waals surface area contributed by atoms with Crippen molar-refractivity contribution in [1.29, 1.82) is 0 Å². The fraction of sp³-hybridized carbons (Fsp3) is 1.00. The van der Waals surface area contributed by atoms with Crippen LogP contribution in [0.5, 0.6) is 0 Å². The summed E-state index contributed by atoms with van der Waals surface area (Å²) in [5, 5.41) is 2.78. The molecule has 4 heteroatoms. The van der Waals surface area contributed by atoms with Gasteiger partial charge in [-0.25, -0.2) is 8.42 Å². The van der Waals surface area contributed by atoms with Crippen LogP contribution in [0.3, 0.4) is 0 Å². The van der Waals surface area contributed by atoms with E-state index in [0.29, 0.717) is 5.92 Å². The molecule has 0 saturated heterocycles. The highest BCUT2D eigenvalue weighted by atomic mass is 32.2. The van der Waals surface area contributed by atoms with E-state index in [1.807, 2.05) is 7.05 Å². The van der Waals surface area contributed by atoms with Gasteiger partial charge in [0.2, 0.25) is 0 Å². The molecule has 0 bridgehead atoms. The van der Waals surface area contributed by atoms with Crippen LogP contribution >= 0.6 is 0 Å².